The van der Waals surface area contributed by atoms with Crippen molar-refractivity contribution in [3.8, 4) is 0 Å². The van der Waals surface area contributed by atoms with Crippen molar-refractivity contribution in [2.45, 2.75) is 44.9 Å². The van der Waals surface area contributed by atoms with Crippen LogP contribution in [0.25, 0.3) is 0 Å². The summed E-state index contributed by atoms with van der Waals surface area (Å²) in [5, 5.41) is 8.63. The molecule has 0 radical (unpaired) electrons. The maximum Gasteiger partial charge on any atom is 0.290 e. The zero-order chi connectivity index (χ0) is 16.0. The van der Waals surface area contributed by atoms with E-state index in [1.54, 1.807) is 19.4 Å². The lowest BCUT2D eigenvalue weighted by atomic mass is 10.1. The highest BCUT2D eigenvalue weighted by atomic mass is 16.5. The van der Waals surface area contributed by atoms with Crippen molar-refractivity contribution in [2.75, 3.05) is 13.7 Å². The molecule has 2 aliphatic heterocycles. The van der Waals surface area contributed by atoms with Crippen molar-refractivity contribution in [3.63, 3.8) is 0 Å². The van der Waals surface area contributed by atoms with Gasteiger partial charge in [-0.15, -0.1) is 10.2 Å². The van der Waals surface area contributed by atoms with E-state index in [0.717, 1.165) is 43.0 Å². The second-order valence-corrected chi connectivity index (χ2v) is 6.23. The number of aryl methyl sites for hydroxylation is 2. The molecule has 1 saturated heterocycles. The predicted molar refractivity (Wildman–Crippen MR) is 81.0 cm³/mol. The van der Waals surface area contributed by atoms with E-state index in [1.807, 2.05) is 11.8 Å². The number of rotatable bonds is 3. The van der Waals surface area contributed by atoms with Gasteiger partial charge in [0.15, 0.2) is 11.6 Å². The Morgan fingerprint density at radius 3 is 3.04 bits per heavy atom. The van der Waals surface area contributed by atoms with E-state index in [4.69, 9.17) is 9.15 Å². The van der Waals surface area contributed by atoms with Crippen LogP contribution in [0.2, 0.25) is 0 Å². The van der Waals surface area contributed by atoms with Gasteiger partial charge >= 0.3 is 0 Å². The molecular formula is C16H20N4O3. The first-order chi connectivity index (χ1) is 11.2. The van der Waals surface area contributed by atoms with Gasteiger partial charge in [-0.25, -0.2) is 0 Å². The largest absolute Gasteiger partial charge is 0.459 e. The average molecular weight is 316 g/mol. The van der Waals surface area contributed by atoms with Gasteiger partial charge in [0.25, 0.3) is 5.91 Å². The lowest BCUT2D eigenvalue weighted by Crippen LogP contribution is -2.33. The van der Waals surface area contributed by atoms with Gasteiger partial charge in [0.05, 0.1) is 18.4 Å². The monoisotopic (exact) mass is 316 g/mol. The normalized spacial score (nSPS) is 23.5. The number of methoxy groups -OCH3 is 1. The van der Waals surface area contributed by atoms with Gasteiger partial charge in [0.2, 0.25) is 0 Å². The van der Waals surface area contributed by atoms with Crippen molar-refractivity contribution < 1.29 is 13.9 Å². The molecule has 0 aliphatic carbocycles. The first kappa shape index (κ1) is 14.4. The number of ether oxygens (including phenoxy) is 1. The van der Waals surface area contributed by atoms with Gasteiger partial charge in [-0.2, -0.15) is 0 Å². The number of aromatic nitrogens is 3. The summed E-state index contributed by atoms with van der Waals surface area (Å²) in [7, 11) is 1.68. The van der Waals surface area contributed by atoms with Gasteiger partial charge in [0.1, 0.15) is 5.82 Å². The minimum absolute atomic E-state index is 0.00794. The standard InChI is InChI=1S/C16H20N4O3/c1-10-5-7-23-14(10)16(21)20-9-11(22-2)8-12(20)15-18-17-13-4-3-6-19(13)15/h5,7,11-12H,3-4,6,8-9H2,1-2H3/t11-,12+/m1/s1. The molecule has 122 valence electrons. The Balaban J connectivity index is 1.69. The molecule has 2 aromatic heterocycles. The first-order valence-electron chi connectivity index (χ1n) is 7.99. The minimum atomic E-state index is -0.115. The number of hydrogen-bond donors (Lipinski definition) is 0. The third kappa shape index (κ3) is 2.26. The molecule has 1 amide bonds. The minimum Gasteiger partial charge on any atom is -0.459 e. The van der Waals surface area contributed by atoms with E-state index < -0.39 is 0 Å². The van der Waals surface area contributed by atoms with Crippen LogP contribution in [0.3, 0.4) is 0 Å². The van der Waals surface area contributed by atoms with Gasteiger partial charge in [0, 0.05) is 38.6 Å². The molecule has 7 nitrogen and oxygen atoms in total. The van der Waals surface area contributed by atoms with Gasteiger partial charge in [-0.05, 0) is 19.4 Å². The van der Waals surface area contributed by atoms with E-state index in [9.17, 15) is 4.79 Å². The molecule has 0 saturated carbocycles. The second kappa shape index (κ2) is 5.49. The van der Waals surface area contributed by atoms with Crippen LogP contribution in [0.15, 0.2) is 16.7 Å². The lowest BCUT2D eigenvalue weighted by Gasteiger charge is -2.23. The number of amides is 1. The summed E-state index contributed by atoms with van der Waals surface area (Å²) in [5.74, 6) is 2.18. The molecule has 0 aromatic carbocycles. The van der Waals surface area contributed by atoms with Crippen LogP contribution < -0.4 is 0 Å². The maximum atomic E-state index is 12.9. The Bertz CT molecular complexity index is 736. The zero-order valence-electron chi connectivity index (χ0n) is 13.4. The Labute approximate surface area is 134 Å². The van der Waals surface area contributed by atoms with Crippen LogP contribution >= 0.6 is 0 Å². The number of furan rings is 1. The topological polar surface area (TPSA) is 73.4 Å². The van der Waals surface area contributed by atoms with E-state index in [-0.39, 0.29) is 18.1 Å². The first-order valence-corrected chi connectivity index (χ1v) is 7.99. The highest BCUT2D eigenvalue weighted by molar-refractivity contribution is 5.93. The maximum absolute atomic E-state index is 12.9. The van der Waals surface area contributed by atoms with Crippen molar-refractivity contribution in [1.82, 2.24) is 19.7 Å². The van der Waals surface area contributed by atoms with Gasteiger partial charge in [-0.3, -0.25) is 4.79 Å². The summed E-state index contributed by atoms with van der Waals surface area (Å²) in [6.07, 6.45) is 4.34. The van der Waals surface area contributed by atoms with Crippen LogP contribution in [-0.4, -0.2) is 45.3 Å². The molecule has 0 unspecified atom stereocenters. The third-order valence-corrected chi connectivity index (χ3v) is 4.85. The Morgan fingerprint density at radius 2 is 2.30 bits per heavy atom. The van der Waals surface area contributed by atoms with Crippen molar-refractivity contribution >= 4 is 5.91 Å². The average Bonchev–Trinajstić information content (AvgIpc) is 3.29. The molecule has 0 N–H and O–H groups in total. The number of carbonyl (C=O) groups excluding carboxylic acids is 1. The summed E-state index contributed by atoms with van der Waals surface area (Å²) in [6, 6.07) is 1.69. The quantitative estimate of drug-likeness (QED) is 0.862. The molecule has 4 rings (SSSR count). The van der Waals surface area contributed by atoms with Gasteiger partial charge < -0.3 is 18.6 Å². The Hall–Kier alpha value is -2.15. The molecular weight excluding hydrogens is 296 g/mol. The molecule has 0 bridgehead atoms. The van der Waals surface area contributed by atoms with Crippen LogP contribution in [0.1, 0.15) is 46.7 Å². The fourth-order valence-electron chi connectivity index (χ4n) is 3.58. The zero-order valence-corrected chi connectivity index (χ0v) is 13.4. The van der Waals surface area contributed by atoms with E-state index >= 15 is 0 Å². The fraction of sp³-hybridized carbons (Fsp3) is 0.562. The number of hydrogen-bond acceptors (Lipinski definition) is 5. The summed E-state index contributed by atoms with van der Waals surface area (Å²) in [6.45, 7) is 3.35. The lowest BCUT2D eigenvalue weighted by molar-refractivity contribution is 0.0651. The number of likely N-dealkylation sites (tertiary alicyclic amines) is 1. The molecule has 2 aromatic rings. The van der Waals surface area contributed by atoms with Crippen molar-refractivity contribution in [2.24, 2.45) is 0 Å². The third-order valence-electron chi connectivity index (χ3n) is 4.85. The Kier molecular flexibility index (Phi) is 3.45. The number of nitrogens with zero attached hydrogens (tertiary/aromatic N) is 4. The van der Waals surface area contributed by atoms with Crippen LogP contribution in [0.4, 0.5) is 0 Å². The highest BCUT2D eigenvalue weighted by Gasteiger charge is 2.41. The van der Waals surface area contributed by atoms with E-state index in [1.165, 1.54) is 0 Å². The fourth-order valence-corrected chi connectivity index (χ4v) is 3.58. The number of fused-ring (bicyclic) bond motifs is 1. The smallest absolute Gasteiger partial charge is 0.290 e. The highest BCUT2D eigenvalue weighted by Crippen LogP contribution is 2.35. The summed E-state index contributed by atoms with van der Waals surface area (Å²) in [5.41, 5.74) is 0.848. The Morgan fingerprint density at radius 1 is 1.43 bits per heavy atom. The molecule has 23 heavy (non-hydrogen) atoms. The summed E-state index contributed by atoms with van der Waals surface area (Å²) in [4.78, 5) is 14.7. The SMILES string of the molecule is CO[C@@H]1C[C@@H](c2nnc3n2CCC3)N(C(=O)c2occc2C)C1. The molecule has 0 spiro atoms. The summed E-state index contributed by atoms with van der Waals surface area (Å²) >= 11 is 0. The molecule has 2 atom stereocenters. The predicted octanol–water partition coefficient (Wildman–Crippen LogP) is 1.73. The molecule has 4 heterocycles. The summed E-state index contributed by atoms with van der Waals surface area (Å²) < 4.78 is 13.0. The van der Waals surface area contributed by atoms with Crippen molar-refractivity contribution in [1.29, 1.82) is 0 Å². The van der Waals surface area contributed by atoms with Crippen LogP contribution in [0.5, 0.6) is 0 Å². The van der Waals surface area contributed by atoms with Crippen LogP contribution in [-0.2, 0) is 17.7 Å². The molecule has 7 heteroatoms. The van der Waals surface area contributed by atoms with Crippen LogP contribution in [0, 0.1) is 6.92 Å². The van der Waals surface area contributed by atoms with E-state index in [2.05, 4.69) is 14.8 Å². The number of carbonyl (C=O) groups is 1. The van der Waals surface area contributed by atoms with Crippen molar-refractivity contribution in [3.05, 3.63) is 35.3 Å². The van der Waals surface area contributed by atoms with Gasteiger partial charge in [-0.1, -0.05) is 0 Å². The molecule has 2 aliphatic rings. The van der Waals surface area contributed by atoms with E-state index in [0.29, 0.717) is 12.3 Å². The second-order valence-electron chi connectivity index (χ2n) is 6.23. The molecule has 1 fully saturated rings.